The molecular weight excluding hydrogens is 230 g/mol. The summed E-state index contributed by atoms with van der Waals surface area (Å²) in [5.41, 5.74) is 6.25. The first-order valence-corrected chi connectivity index (χ1v) is 6.42. The molecule has 0 bridgehead atoms. The van der Waals surface area contributed by atoms with E-state index in [1.54, 1.807) is 0 Å². The normalized spacial score (nSPS) is 17.2. The maximum absolute atomic E-state index is 13.7. The summed E-state index contributed by atoms with van der Waals surface area (Å²) in [6.45, 7) is 1.45. The van der Waals surface area contributed by atoms with Crippen LogP contribution in [-0.4, -0.2) is 24.6 Å². The van der Waals surface area contributed by atoms with Crippen LogP contribution in [0.2, 0.25) is 0 Å². The first kappa shape index (κ1) is 11.5. The summed E-state index contributed by atoms with van der Waals surface area (Å²) in [4.78, 5) is 1.84. The molecule has 2 rings (SSSR count). The largest absolute Gasteiger partial charge is 0.397 e. The van der Waals surface area contributed by atoms with E-state index in [4.69, 9.17) is 5.73 Å². The Labute approximate surface area is 97.8 Å². The molecule has 0 atom stereocenters. The van der Waals surface area contributed by atoms with Crippen molar-refractivity contribution in [3.05, 3.63) is 23.8 Å². The third-order valence-corrected chi connectivity index (χ3v) is 3.69. The van der Waals surface area contributed by atoms with E-state index in [2.05, 4.69) is 0 Å². The van der Waals surface area contributed by atoms with Crippen molar-refractivity contribution < 1.29 is 8.78 Å². The van der Waals surface area contributed by atoms with Gasteiger partial charge in [-0.15, -0.1) is 0 Å². The van der Waals surface area contributed by atoms with Gasteiger partial charge >= 0.3 is 0 Å². The highest BCUT2D eigenvalue weighted by Crippen LogP contribution is 2.30. The predicted octanol–water partition coefficient (Wildman–Crippen LogP) is 2.49. The lowest BCUT2D eigenvalue weighted by Crippen LogP contribution is -2.27. The molecule has 1 heterocycles. The summed E-state index contributed by atoms with van der Waals surface area (Å²) < 4.78 is 26.8. The molecule has 0 amide bonds. The highest BCUT2D eigenvalue weighted by atomic mass is 32.2. The first-order valence-electron chi connectivity index (χ1n) is 5.26. The molecule has 0 unspecified atom stereocenters. The van der Waals surface area contributed by atoms with E-state index in [0.29, 0.717) is 5.69 Å². The average molecular weight is 244 g/mol. The molecule has 1 aromatic carbocycles. The van der Waals surface area contributed by atoms with Crippen molar-refractivity contribution in [3.63, 3.8) is 0 Å². The number of hydrogen-bond donors (Lipinski definition) is 1. The number of nitrogen functional groups attached to an aromatic ring is 1. The van der Waals surface area contributed by atoms with Crippen LogP contribution in [0.3, 0.4) is 0 Å². The van der Waals surface area contributed by atoms with Crippen molar-refractivity contribution in [2.75, 3.05) is 35.2 Å². The zero-order valence-corrected chi connectivity index (χ0v) is 9.70. The third-order valence-electron chi connectivity index (χ3n) is 2.64. The number of anilines is 2. The fraction of sp³-hybridized carbons (Fsp3) is 0.455. The van der Waals surface area contributed by atoms with Crippen LogP contribution in [0.15, 0.2) is 12.1 Å². The lowest BCUT2D eigenvalue weighted by molar-refractivity contribution is 0.507. The zero-order chi connectivity index (χ0) is 11.5. The quantitative estimate of drug-likeness (QED) is 0.770. The summed E-state index contributed by atoms with van der Waals surface area (Å²) in [6.07, 6.45) is 0.972. The molecule has 1 aliphatic rings. The Bertz CT molecular complexity index is 376. The van der Waals surface area contributed by atoms with Crippen molar-refractivity contribution >= 4 is 23.1 Å². The lowest BCUT2D eigenvalue weighted by Gasteiger charge is -2.24. The van der Waals surface area contributed by atoms with E-state index in [1.807, 2.05) is 16.7 Å². The summed E-state index contributed by atoms with van der Waals surface area (Å²) in [6, 6.07) is 2.49. The van der Waals surface area contributed by atoms with Crippen molar-refractivity contribution in [3.8, 4) is 0 Å². The Balaban J connectivity index is 2.33. The van der Waals surface area contributed by atoms with Crippen LogP contribution < -0.4 is 10.6 Å². The Hall–Kier alpha value is -0.970. The monoisotopic (exact) mass is 244 g/mol. The van der Waals surface area contributed by atoms with Gasteiger partial charge in [0.05, 0.1) is 11.4 Å². The number of hydrogen-bond acceptors (Lipinski definition) is 3. The van der Waals surface area contributed by atoms with E-state index in [-0.39, 0.29) is 5.69 Å². The maximum atomic E-state index is 13.7. The molecule has 0 spiro atoms. The van der Waals surface area contributed by atoms with E-state index >= 15 is 0 Å². The second-order valence-electron chi connectivity index (χ2n) is 3.75. The fourth-order valence-electron chi connectivity index (χ4n) is 1.85. The number of thioether (sulfide) groups is 1. The molecule has 1 saturated heterocycles. The topological polar surface area (TPSA) is 29.3 Å². The first-order chi connectivity index (χ1) is 7.70. The SMILES string of the molecule is Nc1ccc(F)c(F)c1N1CCCSCC1. The molecule has 2 N–H and O–H groups in total. The van der Waals surface area contributed by atoms with E-state index in [1.165, 1.54) is 6.07 Å². The summed E-state index contributed by atoms with van der Waals surface area (Å²) >= 11 is 1.83. The highest BCUT2D eigenvalue weighted by molar-refractivity contribution is 7.99. The molecular formula is C11H14F2N2S. The van der Waals surface area contributed by atoms with Gasteiger partial charge in [-0.3, -0.25) is 0 Å². The van der Waals surface area contributed by atoms with Gasteiger partial charge in [0.25, 0.3) is 0 Å². The lowest BCUT2D eigenvalue weighted by atomic mass is 10.2. The number of rotatable bonds is 1. The van der Waals surface area contributed by atoms with Gasteiger partial charge in [-0.25, -0.2) is 8.78 Å². The number of benzene rings is 1. The summed E-state index contributed by atoms with van der Waals surface area (Å²) in [5.74, 6) is 0.330. The minimum atomic E-state index is -0.832. The van der Waals surface area contributed by atoms with Crippen LogP contribution in [0.4, 0.5) is 20.2 Å². The van der Waals surface area contributed by atoms with E-state index < -0.39 is 11.6 Å². The third kappa shape index (κ3) is 2.24. The van der Waals surface area contributed by atoms with Crippen molar-refractivity contribution in [2.45, 2.75) is 6.42 Å². The van der Waals surface area contributed by atoms with Crippen molar-refractivity contribution in [1.29, 1.82) is 0 Å². The molecule has 1 aromatic rings. The van der Waals surface area contributed by atoms with Gasteiger partial charge in [0.15, 0.2) is 11.6 Å². The van der Waals surface area contributed by atoms with Crippen LogP contribution in [0.5, 0.6) is 0 Å². The number of halogens is 2. The molecule has 1 fully saturated rings. The van der Waals surface area contributed by atoms with Gasteiger partial charge in [-0.1, -0.05) is 0 Å². The van der Waals surface area contributed by atoms with Gasteiger partial charge < -0.3 is 10.6 Å². The molecule has 5 heteroatoms. The molecule has 1 aliphatic heterocycles. The Morgan fingerprint density at radius 3 is 2.81 bits per heavy atom. The minimum absolute atomic E-state index is 0.225. The van der Waals surface area contributed by atoms with Crippen LogP contribution in [0, 0.1) is 11.6 Å². The summed E-state index contributed by atoms with van der Waals surface area (Å²) in [5, 5.41) is 0. The van der Waals surface area contributed by atoms with Gasteiger partial charge in [0.1, 0.15) is 0 Å². The minimum Gasteiger partial charge on any atom is -0.397 e. The van der Waals surface area contributed by atoms with Gasteiger partial charge in [-0.05, 0) is 24.3 Å². The molecule has 0 aromatic heterocycles. The summed E-state index contributed by atoms with van der Waals surface area (Å²) in [7, 11) is 0. The Kier molecular flexibility index (Phi) is 3.53. The second-order valence-corrected chi connectivity index (χ2v) is 4.98. The van der Waals surface area contributed by atoms with Gasteiger partial charge in [-0.2, -0.15) is 11.8 Å². The average Bonchev–Trinajstić information content (AvgIpc) is 2.53. The number of nitrogens with two attached hydrogens (primary N) is 1. The van der Waals surface area contributed by atoms with E-state index in [0.717, 1.165) is 37.1 Å². The standard InChI is InChI=1S/C11H14F2N2S/c12-8-2-3-9(14)11(10(8)13)15-4-1-6-16-7-5-15/h2-3H,1,4-7,14H2. The molecule has 0 aliphatic carbocycles. The Morgan fingerprint density at radius 2 is 2.00 bits per heavy atom. The maximum Gasteiger partial charge on any atom is 0.184 e. The van der Waals surface area contributed by atoms with Crippen molar-refractivity contribution in [2.24, 2.45) is 0 Å². The van der Waals surface area contributed by atoms with Crippen LogP contribution in [-0.2, 0) is 0 Å². The predicted molar refractivity (Wildman–Crippen MR) is 64.9 cm³/mol. The molecule has 16 heavy (non-hydrogen) atoms. The second kappa shape index (κ2) is 4.91. The van der Waals surface area contributed by atoms with Crippen molar-refractivity contribution in [1.82, 2.24) is 0 Å². The van der Waals surface area contributed by atoms with Crippen LogP contribution in [0.1, 0.15) is 6.42 Å². The fourth-order valence-corrected chi connectivity index (χ4v) is 2.73. The Morgan fingerprint density at radius 1 is 1.19 bits per heavy atom. The highest BCUT2D eigenvalue weighted by Gasteiger charge is 2.19. The zero-order valence-electron chi connectivity index (χ0n) is 8.88. The van der Waals surface area contributed by atoms with Crippen LogP contribution >= 0.6 is 11.8 Å². The molecule has 0 saturated carbocycles. The number of nitrogens with zero attached hydrogens (tertiary/aromatic N) is 1. The van der Waals surface area contributed by atoms with Crippen LogP contribution in [0.25, 0.3) is 0 Å². The molecule has 88 valence electrons. The molecule has 0 radical (unpaired) electrons. The smallest absolute Gasteiger partial charge is 0.184 e. The van der Waals surface area contributed by atoms with Gasteiger partial charge in [0.2, 0.25) is 0 Å². The van der Waals surface area contributed by atoms with Gasteiger partial charge in [0, 0.05) is 18.8 Å². The molecule has 2 nitrogen and oxygen atoms in total. The van der Waals surface area contributed by atoms with E-state index in [9.17, 15) is 8.78 Å².